The normalized spacial score (nSPS) is 21.0. The van der Waals surface area contributed by atoms with Gasteiger partial charge in [0.25, 0.3) is 0 Å². The Bertz CT molecular complexity index is 137. The number of hydrogen-bond donors (Lipinski definition) is 3. The fourth-order valence-corrected chi connectivity index (χ4v) is 1.67. The van der Waals surface area contributed by atoms with E-state index in [1.54, 1.807) is 0 Å². The summed E-state index contributed by atoms with van der Waals surface area (Å²) in [6.45, 7) is 3.03. The second-order valence-corrected chi connectivity index (χ2v) is 3.88. The second kappa shape index (κ2) is 7.17. The van der Waals surface area contributed by atoms with Gasteiger partial charge in [-0.05, 0) is 31.7 Å². The summed E-state index contributed by atoms with van der Waals surface area (Å²) in [7, 11) is 0. The molecule has 1 aliphatic rings. The fraction of sp³-hybridized carbons (Fsp3) is 1.00. The highest BCUT2D eigenvalue weighted by molar-refractivity contribution is 4.65. The van der Waals surface area contributed by atoms with Crippen molar-refractivity contribution in [3.8, 4) is 0 Å². The third-order valence-electron chi connectivity index (χ3n) is 2.66. The maximum Gasteiger partial charge on any atom is 0.0894 e. The molecule has 1 atom stereocenters. The molecule has 0 aromatic heterocycles. The van der Waals surface area contributed by atoms with Crippen LogP contribution < -0.4 is 5.32 Å². The van der Waals surface area contributed by atoms with Gasteiger partial charge in [0.15, 0.2) is 0 Å². The fourth-order valence-electron chi connectivity index (χ4n) is 1.67. The molecule has 0 aromatic rings. The van der Waals surface area contributed by atoms with E-state index < -0.39 is 6.10 Å². The number of aliphatic hydroxyl groups is 2. The van der Waals surface area contributed by atoms with Gasteiger partial charge in [0.05, 0.1) is 12.7 Å². The van der Waals surface area contributed by atoms with Gasteiger partial charge in [0.2, 0.25) is 0 Å². The van der Waals surface area contributed by atoms with Gasteiger partial charge in [-0.3, -0.25) is 0 Å². The van der Waals surface area contributed by atoms with Gasteiger partial charge >= 0.3 is 0 Å². The van der Waals surface area contributed by atoms with Crippen LogP contribution in [0.3, 0.4) is 0 Å². The van der Waals surface area contributed by atoms with Crippen molar-refractivity contribution in [3.63, 3.8) is 0 Å². The van der Waals surface area contributed by atoms with Crippen LogP contribution in [0, 0.1) is 5.92 Å². The van der Waals surface area contributed by atoms with Crippen LogP contribution in [-0.2, 0) is 4.74 Å². The lowest BCUT2D eigenvalue weighted by Crippen LogP contribution is -2.31. The van der Waals surface area contributed by atoms with E-state index >= 15 is 0 Å². The Morgan fingerprint density at radius 2 is 2.07 bits per heavy atom. The third-order valence-corrected chi connectivity index (χ3v) is 2.66. The zero-order chi connectivity index (χ0) is 10.2. The van der Waals surface area contributed by atoms with Crippen LogP contribution >= 0.6 is 0 Å². The van der Waals surface area contributed by atoms with E-state index in [1.165, 1.54) is 0 Å². The number of aliphatic hydroxyl groups excluding tert-OH is 2. The second-order valence-electron chi connectivity index (χ2n) is 3.88. The molecule has 1 fully saturated rings. The summed E-state index contributed by atoms with van der Waals surface area (Å²) in [5.74, 6) is 0.766. The first kappa shape index (κ1) is 11.9. The largest absolute Gasteiger partial charge is 0.394 e. The maximum atomic E-state index is 9.06. The first-order valence-electron chi connectivity index (χ1n) is 5.40. The quantitative estimate of drug-likeness (QED) is 0.521. The van der Waals surface area contributed by atoms with Crippen molar-refractivity contribution in [1.82, 2.24) is 5.32 Å². The monoisotopic (exact) mass is 203 g/mol. The number of hydrogen-bond acceptors (Lipinski definition) is 4. The van der Waals surface area contributed by atoms with Crippen molar-refractivity contribution in [1.29, 1.82) is 0 Å². The van der Waals surface area contributed by atoms with Gasteiger partial charge in [-0.2, -0.15) is 0 Å². The lowest BCUT2D eigenvalue weighted by Gasteiger charge is -2.22. The molecule has 1 rings (SSSR count). The van der Waals surface area contributed by atoms with E-state index in [0.29, 0.717) is 6.54 Å². The summed E-state index contributed by atoms with van der Waals surface area (Å²) in [5.41, 5.74) is 0. The van der Waals surface area contributed by atoms with Crippen molar-refractivity contribution in [3.05, 3.63) is 0 Å². The van der Waals surface area contributed by atoms with Crippen molar-refractivity contribution >= 4 is 0 Å². The van der Waals surface area contributed by atoms with Crippen LogP contribution in [-0.4, -0.2) is 49.2 Å². The Morgan fingerprint density at radius 3 is 2.71 bits per heavy atom. The van der Waals surface area contributed by atoms with Crippen LogP contribution in [0.1, 0.15) is 19.3 Å². The number of rotatable bonds is 6. The van der Waals surface area contributed by atoms with E-state index in [1.807, 2.05) is 0 Å². The zero-order valence-electron chi connectivity index (χ0n) is 8.61. The summed E-state index contributed by atoms with van der Waals surface area (Å²) in [6.07, 6.45) is 2.83. The van der Waals surface area contributed by atoms with Gasteiger partial charge in [-0.15, -0.1) is 0 Å². The molecule has 1 unspecified atom stereocenters. The molecule has 0 radical (unpaired) electrons. The maximum absolute atomic E-state index is 9.06. The Kier molecular flexibility index (Phi) is 6.10. The van der Waals surface area contributed by atoms with Crippen LogP contribution in [0.4, 0.5) is 0 Å². The molecule has 0 saturated carbocycles. The molecule has 0 aromatic carbocycles. The van der Waals surface area contributed by atoms with E-state index in [4.69, 9.17) is 14.9 Å². The minimum absolute atomic E-state index is 0.162. The summed E-state index contributed by atoms with van der Waals surface area (Å²) < 4.78 is 5.27. The Morgan fingerprint density at radius 1 is 1.36 bits per heavy atom. The highest BCUT2D eigenvalue weighted by Crippen LogP contribution is 2.17. The first-order valence-corrected chi connectivity index (χ1v) is 5.40. The van der Waals surface area contributed by atoms with Crippen molar-refractivity contribution in [2.75, 3.05) is 32.9 Å². The van der Waals surface area contributed by atoms with Gasteiger partial charge < -0.3 is 20.3 Å². The van der Waals surface area contributed by atoms with Crippen molar-refractivity contribution in [2.45, 2.75) is 25.4 Å². The minimum Gasteiger partial charge on any atom is -0.394 e. The molecule has 4 nitrogen and oxygen atoms in total. The Balaban J connectivity index is 1.92. The van der Waals surface area contributed by atoms with E-state index in [2.05, 4.69) is 5.32 Å². The van der Waals surface area contributed by atoms with E-state index in [-0.39, 0.29) is 6.61 Å². The van der Waals surface area contributed by atoms with E-state index in [0.717, 1.165) is 44.9 Å². The third kappa shape index (κ3) is 4.91. The van der Waals surface area contributed by atoms with Crippen LogP contribution in [0.2, 0.25) is 0 Å². The molecule has 0 spiro atoms. The lowest BCUT2D eigenvalue weighted by atomic mass is 9.97. The molecule has 3 N–H and O–H groups in total. The molecule has 0 amide bonds. The molecule has 0 bridgehead atoms. The number of nitrogens with one attached hydrogen (secondary N) is 1. The summed E-state index contributed by atoms with van der Waals surface area (Å²) >= 11 is 0. The topological polar surface area (TPSA) is 61.7 Å². The molecular formula is C10H21NO3. The van der Waals surface area contributed by atoms with E-state index in [9.17, 15) is 0 Å². The minimum atomic E-state index is -0.621. The highest BCUT2D eigenvalue weighted by atomic mass is 16.5. The van der Waals surface area contributed by atoms with Crippen LogP contribution in [0.15, 0.2) is 0 Å². The average molecular weight is 203 g/mol. The summed E-state index contributed by atoms with van der Waals surface area (Å²) in [5, 5.41) is 20.8. The van der Waals surface area contributed by atoms with Gasteiger partial charge in [0, 0.05) is 19.8 Å². The Labute approximate surface area is 85.3 Å². The summed E-state index contributed by atoms with van der Waals surface area (Å²) in [6, 6.07) is 0. The average Bonchev–Trinajstić information content (AvgIpc) is 2.25. The standard InChI is InChI=1S/C10H21NO3/c12-8-10(13)7-11-4-1-9-2-5-14-6-3-9/h9-13H,1-8H2. The molecule has 0 aliphatic carbocycles. The van der Waals surface area contributed by atoms with Crippen LogP contribution in [0.25, 0.3) is 0 Å². The lowest BCUT2D eigenvalue weighted by molar-refractivity contribution is 0.0627. The molecular weight excluding hydrogens is 182 g/mol. The predicted molar refractivity (Wildman–Crippen MR) is 54.1 cm³/mol. The summed E-state index contributed by atoms with van der Waals surface area (Å²) in [4.78, 5) is 0. The van der Waals surface area contributed by atoms with Gasteiger partial charge in [-0.25, -0.2) is 0 Å². The molecule has 1 saturated heterocycles. The molecule has 1 heterocycles. The molecule has 14 heavy (non-hydrogen) atoms. The first-order chi connectivity index (χ1) is 6.83. The molecule has 4 heteroatoms. The van der Waals surface area contributed by atoms with Gasteiger partial charge in [0.1, 0.15) is 0 Å². The Hall–Kier alpha value is -0.160. The zero-order valence-corrected chi connectivity index (χ0v) is 8.61. The van der Waals surface area contributed by atoms with Gasteiger partial charge in [-0.1, -0.05) is 0 Å². The smallest absolute Gasteiger partial charge is 0.0894 e. The van der Waals surface area contributed by atoms with Crippen LogP contribution in [0.5, 0.6) is 0 Å². The molecule has 1 aliphatic heterocycles. The predicted octanol–water partition coefficient (Wildman–Crippen LogP) is -0.254. The molecule has 84 valence electrons. The SMILES string of the molecule is OCC(O)CNCCC1CCOCC1. The highest BCUT2D eigenvalue weighted by Gasteiger charge is 2.12. The van der Waals surface area contributed by atoms with Crippen molar-refractivity contribution < 1.29 is 14.9 Å². The van der Waals surface area contributed by atoms with Crippen molar-refractivity contribution in [2.24, 2.45) is 5.92 Å². The number of ether oxygens (including phenoxy) is 1.